The fraction of sp³-hybridized carbons (Fsp3) is 0.588. The van der Waals surface area contributed by atoms with Crippen molar-refractivity contribution in [3.05, 3.63) is 47.5 Å². The molecule has 9 heteroatoms. The van der Waals surface area contributed by atoms with Crippen LogP contribution in [0.2, 0.25) is 0 Å². The summed E-state index contributed by atoms with van der Waals surface area (Å²) in [4.78, 5) is 26.1. The lowest BCUT2D eigenvalue weighted by Gasteiger charge is -2.18. The molecule has 1 amide bonds. The Morgan fingerprint density at radius 1 is 0.860 bits per heavy atom. The Morgan fingerprint density at radius 3 is 2.23 bits per heavy atom. The Hall–Kier alpha value is -3.46. The molecule has 43 heavy (non-hydrogen) atoms. The van der Waals surface area contributed by atoms with E-state index in [0.717, 1.165) is 50.9 Å². The molecule has 0 atom stereocenters. The summed E-state index contributed by atoms with van der Waals surface area (Å²) in [6.07, 6.45) is 9.65. The van der Waals surface area contributed by atoms with E-state index in [1.54, 1.807) is 36.4 Å². The second-order valence-electron chi connectivity index (χ2n) is 10.4. The second kappa shape index (κ2) is 23.1. The molecular formula is C34H55N3O6. The Kier molecular flexibility index (Phi) is 20.1. The number of likely N-dealkylation sites (N-methyl/N-ethyl adjacent to an activating group) is 1. The van der Waals surface area contributed by atoms with Gasteiger partial charge in [-0.25, -0.2) is 4.79 Å². The highest BCUT2D eigenvalue weighted by Gasteiger charge is 2.15. The van der Waals surface area contributed by atoms with Crippen molar-refractivity contribution in [3.63, 3.8) is 0 Å². The highest BCUT2D eigenvalue weighted by atomic mass is 16.5. The van der Waals surface area contributed by atoms with Crippen molar-refractivity contribution < 1.29 is 28.9 Å². The fourth-order valence-electron chi connectivity index (χ4n) is 4.23. The van der Waals surface area contributed by atoms with Crippen molar-refractivity contribution in [3.8, 4) is 17.2 Å². The maximum absolute atomic E-state index is 12.2. The minimum Gasteiger partial charge on any atom is -0.504 e. The molecule has 2 aromatic rings. The summed E-state index contributed by atoms with van der Waals surface area (Å²) in [7, 11) is 1.51. The van der Waals surface area contributed by atoms with Gasteiger partial charge in [0, 0.05) is 31.3 Å². The molecule has 9 nitrogen and oxygen atoms in total. The number of esters is 1. The number of benzene rings is 2. The van der Waals surface area contributed by atoms with Gasteiger partial charge in [-0.2, -0.15) is 0 Å². The molecule has 0 aliphatic heterocycles. The molecule has 2 rings (SSSR count). The zero-order chi connectivity index (χ0) is 31.9. The number of nitrogens with two attached hydrogens (primary N) is 1. The molecule has 242 valence electrons. The molecule has 0 unspecified atom stereocenters. The average molecular weight is 602 g/mol. The smallest absolute Gasteiger partial charge is 0.341 e. The highest BCUT2D eigenvalue weighted by molar-refractivity contribution is 5.93. The van der Waals surface area contributed by atoms with Gasteiger partial charge in [0.1, 0.15) is 17.9 Å². The lowest BCUT2D eigenvalue weighted by molar-refractivity contribution is -0.121. The molecule has 0 saturated heterocycles. The number of hydrogen-bond donors (Lipinski definition) is 3. The number of unbranched alkanes of at least 4 members (excludes halogenated alkanes) is 6. The van der Waals surface area contributed by atoms with Gasteiger partial charge in [0.2, 0.25) is 5.91 Å². The van der Waals surface area contributed by atoms with E-state index in [-0.39, 0.29) is 17.6 Å². The van der Waals surface area contributed by atoms with E-state index in [2.05, 4.69) is 37.9 Å². The van der Waals surface area contributed by atoms with Crippen molar-refractivity contribution in [1.29, 1.82) is 0 Å². The number of aromatic hydroxyl groups is 1. The Balaban J connectivity index is 0.000000430. The normalized spacial score (nSPS) is 10.6. The third-order valence-electron chi connectivity index (χ3n) is 7.01. The summed E-state index contributed by atoms with van der Waals surface area (Å²) in [5, 5.41) is 12.4. The minimum atomic E-state index is -0.362. The number of methoxy groups -OCH3 is 1. The van der Waals surface area contributed by atoms with Crippen LogP contribution in [-0.4, -0.2) is 61.8 Å². The summed E-state index contributed by atoms with van der Waals surface area (Å²) in [5.74, 6) is 0.759. The van der Waals surface area contributed by atoms with Crippen LogP contribution in [0.25, 0.3) is 0 Å². The van der Waals surface area contributed by atoms with E-state index < -0.39 is 0 Å². The van der Waals surface area contributed by atoms with E-state index >= 15 is 0 Å². The number of carbonyl (C=O) groups is 2. The minimum absolute atomic E-state index is 0.0810. The molecule has 0 spiro atoms. The number of carbonyl (C=O) groups excluding carboxylic acids is 2. The Labute approximate surface area is 259 Å². The van der Waals surface area contributed by atoms with Crippen LogP contribution in [0.1, 0.15) is 101 Å². The highest BCUT2D eigenvalue weighted by Crippen LogP contribution is 2.26. The largest absolute Gasteiger partial charge is 0.504 e. The Bertz CT molecular complexity index is 1060. The van der Waals surface area contributed by atoms with Gasteiger partial charge in [-0.1, -0.05) is 72.3 Å². The molecule has 0 radical (unpaired) electrons. The lowest BCUT2D eigenvalue weighted by Crippen LogP contribution is -2.28. The van der Waals surface area contributed by atoms with E-state index in [1.807, 2.05) is 0 Å². The van der Waals surface area contributed by atoms with Crippen molar-refractivity contribution in [2.24, 2.45) is 0 Å². The maximum Gasteiger partial charge on any atom is 0.341 e. The van der Waals surface area contributed by atoms with Gasteiger partial charge in [-0.15, -0.1) is 0 Å². The summed E-state index contributed by atoms with van der Waals surface area (Å²) in [6.45, 7) is 12.5. The second-order valence-corrected chi connectivity index (χ2v) is 10.4. The maximum atomic E-state index is 12.2. The van der Waals surface area contributed by atoms with Gasteiger partial charge in [0.05, 0.1) is 13.7 Å². The standard InChI is InChI=1S/C17H28N2O3.C17H27NO3/c1-4-7-11-21-16-13-14(18)8-9-15(16)17(20)22-12-10-19(5-2)6-3;1-3-4-5-6-7-8-9-17(20)18-13-14-10-11-15(19)16(12-14)21-2/h8-9,13H,4-7,10-12,18H2,1-3H3;10-12,19H,3-9,13H2,1-2H3,(H,18,20). The first kappa shape index (κ1) is 37.6. The van der Waals surface area contributed by atoms with Crippen LogP contribution < -0.4 is 20.5 Å². The van der Waals surface area contributed by atoms with Crippen LogP contribution in [0.5, 0.6) is 17.2 Å². The SMILES string of the molecule is CCCCCCCCC(=O)NCc1ccc(O)c(OC)c1.CCCCOc1cc(N)ccc1C(=O)OCCN(CC)CC. The molecule has 0 aliphatic carbocycles. The molecule has 2 aromatic carbocycles. The summed E-state index contributed by atoms with van der Waals surface area (Å²) in [6, 6.07) is 10.1. The average Bonchev–Trinajstić information content (AvgIpc) is 3.01. The number of nitrogen functional groups attached to an aromatic ring is 1. The van der Waals surface area contributed by atoms with Gasteiger partial charge in [-0.05, 0) is 55.8 Å². The van der Waals surface area contributed by atoms with E-state index in [9.17, 15) is 14.7 Å². The van der Waals surface area contributed by atoms with Crippen molar-refractivity contribution in [1.82, 2.24) is 10.2 Å². The predicted octanol–water partition coefficient (Wildman–Crippen LogP) is 6.71. The number of rotatable bonds is 20. The van der Waals surface area contributed by atoms with Gasteiger partial charge < -0.3 is 35.3 Å². The number of hydrogen-bond acceptors (Lipinski definition) is 8. The van der Waals surface area contributed by atoms with Crippen molar-refractivity contribution >= 4 is 17.6 Å². The van der Waals surface area contributed by atoms with Crippen LogP contribution in [0.15, 0.2) is 36.4 Å². The van der Waals surface area contributed by atoms with Crippen molar-refractivity contribution in [2.75, 3.05) is 45.7 Å². The van der Waals surface area contributed by atoms with Crippen LogP contribution in [0, 0.1) is 0 Å². The molecule has 0 bridgehead atoms. The first-order valence-corrected chi connectivity index (χ1v) is 15.8. The van der Waals surface area contributed by atoms with Gasteiger partial charge in [0.25, 0.3) is 0 Å². The molecule has 0 heterocycles. The molecule has 0 aromatic heterocycles. The zero-order valence-electron chi connectivity index (χ0n) is 27.1. The lowest BCUT2D eigenvalue weighted by atomic mass is 10.1. The van der Waals surface area contributed by atoms with Gasteiger partial charge in [-0.3, -0.25) is 4.79 Å². The van der Waals surface area contributed by atoms with Gasteiger partial charge >= 0.3 is 5.97 Å². The zero-order valence-corrected chi connectivity index (χ0v) is 27.1. The van der Waals surface area contributed by atoms with E-state index in [1.165, 1.54) is 32.8 Å². The van der Waals surface area contributed by atoms with Crippen LogP contribution >= 0.6 is 0 Å². The van der Waals surface area contributed by atoms with Crippen LogP contribution in [-0.2, 0) is 16.1 Å². The Morgan fingerprint density at radius 2 is 1.56 bits per heavy atom. The summed E-state index contributed by atoms with van der Waals surface area (Å²) in [5.41, 5.74) is 7.70. The first-order valence-electron chi connectivity index (χ1n) is 15.8. The monoisotopic (exact) mass is 601 g/mol. The summed E-state index contributed by atoms with van der Waals surface area (Å²) < 4.78 is 16.0. The number of phenolic OH excluding ortho intramolecular Hbond substituents is 1. The molecular weight excluding hydrogens is 546 g/mol. The van der Waals surface area contributed by atoms with Crippen LogP contribution in [0.3, 0.4) is 0 Å². The predicted molar refractivity (Wildman–Crippen MR) is 174 cm³/mol. The number of nitrogens with zero attached hydrogens (tertiary/aromatic N) is 1. The number of anilines is 1. The molecule has 4 N–H and O–H groups in total. The van der Waals surface area contributed by atoms with Crippen molar-refractivity contribution in [2.45, 2.75) is 92.0 Å². The van der Waals surface area contributed by atoms with E-state index in [0.29, 0.717) is 48.9 Å². The third kappa shape index (κ3) is 16.1. The first-order chi connectivity index (χ1) is 20.8. The molecule has 0 fully saturated rings. The quantitative estimate of drug-likeness (QED) is 0.0869. The fourth-order valence-corrected chi connectivity index (χ4v) is 4.23. The van der Waals surface area contributed by atoms with Crippen LogP contribution in [0.4, 0.5) is 5.69 Å². The number of phenols is 1. The number of nitrogens with one attached hydrogen (secondary N) is 1. The molecule has 0 aliphatic rings. The summed E-state index contributed by atoms with van der Waals surface area (Å²) >= 11 is 0. The topological polar surface area (TPSA) is 123 Å². The van der Waals surface area contributed by atoms with E-state index in [4.69, 9.17) is 19.9 Å². The number of amides is 1. The number of ether oxygens (including phenoxy) is 3. The molecule has 0 saturated carbocycles. The van der Waals surface area contributed by atoms with Gasteiger partial charge in [0.15, 0.2) is 11.5 Å². The third-order valence-corrected chi connectivity index (χ3v) is 7.01.